The quantitative estimate of drug-likeness (QED) is 0.792. The maximum Gasteiger partial charge on any atom is 0.322 e. The van der Waals surface area contributed by atoms with Crippen molar-refractivity contribution in [3.05, 3.63) is 59.4 Å². The average Bonchev–Trinajstić information content (AvgIpc) is 3.12. The molecule has 1 fully saturated rings. The molecule has 8 heteroatoms. The van der Waals surface area contributed by atoms with Crippen molar-refractivity contribution < 1.29 is 19.1 Å². The van der Waals surface area contributed by atoms with Crippen LogP contribution in [-0.2, 0) is 16.9 Å². The van der Waals surface area contributed by atoms with E-state index >= 15 is 0 Å². The first-order chi connectivity index (χ1) is 12.5. The van der Waals surface area contributed by atoms with Gasteiger partial charge in [0.2, 0.25) is 0 Å². The highest BCUT2D eigenvalue weighted by atomic mass is 16.5. The minimum atomic E-state index is -1.37. The molecule has 8 nitrogen and oxygen atoms in total. The molecule has 3 heterocycles. The number of urea groups is 1. The van der Waals surface area contributed by atoms with Crippen LogP contribution in [0.3, 0.4) is 0 Å². The molecule has 2 aromatic rings. The van der Waals surface area contributed by atoms with Crippen LogP contribution in [0.5, 0.6) is 5.75 Å². The zero-order chi connectivity index (χ0) is 18.3. The Morgan fingerprint density at radius 3 is 2.77 bits per heavy atom. The van der Waals surface area contributed by atoms with Gasteiger partial charge in [0.25, 0.3) is 11.8 Å². The molecule has 0 aliphatic carbocycles. The van der Waals surface area contributed by atoms with E-state index < -0.39 is 17.5 Å². The zero-order valence-corrected chi connectivity index (χ0v) is 14.0. The SMILES string of the molecule is COc1ccc2c(c1)C(=O)N(CC1(c3cccnc3)NC(=O)NC1=O)C2. The Morgan fingerprint density at radius 2 is 2.12 bits per heavy atom. The molecule has 1 saturated heterocycles. The third-order valence-electron chi connectivity index (χ3n) is 4.72. The van der Waals surface area contributed by atoms with Crippen LogP contribution in [0, 0.1) is 0 Å². The summed E-state index contributed by atoms with van der Waals surface area (Å²) >= 11 is 0. The molecule has 0 radical (unpaired) electrons. The van der Waals surface area contributed by atoms with Crippen LogP contribution in [0.1, 0.15) is 21.5 Å². The van der Waals surface area contributed by atoms with Gasteiger partial charge in [0.1, 0.15) is 5.75 Å². The van der Waals surface area contributed by atoms with E-state index in [1.165, 1.54) is 13.3 Å². The van der Waals surface area contributed by atoms with Crippen molar-refractivity contribution >= 4 is 17.8 Å². The number of hydrogen-bond donors (Lipinski definition) is 2. The minimum absolute atomic E-state index is 0.00605. The molecule has 0 bridgehead atoms. The van der Waals surface area contributed by atoms with Gasteiger partial charge in [-0.3, -0.25) is 19.9 Å². The van der Waals surface area contributed by atoms with Gasteiger partial charge in [-0.2, -0.15) is 0 Å². The van der Waals surface area contributed by atoms with E-state index in [1.54, 1.807) is 35.4 Å². The normalized spacial score (nSPS) is 21.4. The smallest absolute Gasteiger partial charge is 0.322 e. The van der Waals surface area contributed by atoms with Gasteiger partial charge in [-0.15, -0.1) is 0 Å². The van der Waals surface area contributed by atoms with Crippen molar-refractivity contribution in [2.45, 2.75) is 12.1 Å². The van der Waals surface area contributed by atoms with Crippen LogP contribution in [-0.4, -0.2) is 41.4 Å². The fraction of sp³-hybridized carbons (Fsp3) is 0.222. The number of amides is 4. The van der Waals surface area contributed by atoms with Gasteiger partial charge in [-0.25, -0.2) is 4.79 Å². The molecule has 1 aromatic heterocycles. The molecule has 1 aromatic carbocycles. The maximum absolute atomic E-state index is 12.8. The van der Waals surface area contributed by atoms with Crippen molar-refractivity contribution in [2.24, 2.45) is 0 Å². The molecule has 26 heavy (non-hydrogen) atoms. The minimum Gasteiger partial charge on any atom is -0.497 e. The van der Waals surface area contributed by atoms with Crippen LogP contribution in [0.15, 0.2) is 42.7 Å². The first-order valence-electron chi connectivity index (χ1n) is 8.04. The number of fused-ring (bicyclic) bond motifs is 1. The fourth-order valence-electron chi connectivity index (χ4n) is 3.39. The highest BCUT2D eigenvalue weighted by molar-refractivity contribution is 6.08. The number of benzene rings is 1. The predicted octanol–water partition coefficient (Wildman–Crippen LogP) is 0.781. The number of ether oxygens (including phenoxy) is 1. The van der Waals surface area contributed by atoms with Crippen molar-refractivity contribution in [2.75, 3.05) is 13.7 Å². The Bertz CT molecular complexity index is 915. The Balaban J connectivity index is 1.69. The number of hydrogen-bond acceptors (Lipinski definition) is 5. The summed E-state index contributed by atoms with van der Waals surface area (Å²) < 4.78 is 5.18. The average molecular weight is 352 g/mol. The maximum atomic E-state index is 12.8. The number of nitrogens with one attached hydrogen (secondary N) is 2. The van der Waals surface area contributed by atoms with Crippen LogP contribution >= 0.6 is 0 Å². The van der Waals surface area contributed by atoms with Crippen molar-refractivity contribution in [3.8, 4) is 5.75 Å². The second-order valence-electron chi connectivity index (χ2n) is 6.24. The van der Waals surface area contributed by atoms with Crippen molar-refractivity contribution in [1.82, 2.24) is 20.5 Å². The number of imide groups is 1. The molecule has 0 saturated carbocycles. The third-order valence-corrected chi connectivity index (χ3v) is 4.72. The lowest BCUT2D eigenvalue weighted by Crippen LogP contribution is -2.52. The van der Waals surface area contributed by atoms with Gasteiger partial charge in [-0.05, 0) is 23.8 Å². The molecule has 1 unspecified atom stereocenters. The molecule has 2 N–H and O–H groups in total. The number of pyridine rings is 1. The zero-order valence-electron chi connectivity index (χ0n) is 14.0. The van der Waals surface area contributed by atoms with Crippen LogP contribution < -0.4 is 15.4 Å². The highest BCUT2D eigenvalue weighted by Crippen LogP contribution is 2.32. The largest absolute Gasteiger partial charge is 0.497 e. The second-order valence-corrected chi connectivity index (χ2v) is 6.24. The number of nitrogens with zero attached hydrogens (tertiary/aromatic N) is 2. The van der Waals surface area contributed by atoms with Gasteiger partial charge in [0.15, 0.2) is 5.54 Å². The molecule has 2 aliphatic rings. The molecule has 1 atom stereocenters. The summed E-state index contributed by atoms with van der Waals surface area (Å²) in [6.45, 7) is 0.357. The predicted molar refractivity (Wildman–Crippen MR) is 90.3 cm³/mol. The molecular formula is C18H16N4O4. The number of aromatic nitrogens is 1. The second kappa shape index (κ2) is 5.83. The summed E-state index contributed by atoms with van der Waals surface area (Å²) in [6, 6.07) is 8.09. The number of carbonyl (C=O) groups excluding carboxylic acids is 3. The van der Waals surface area contributed by atoms with E-state index in [-0.39, 0.29) is 12.5 Å². The molecule has 132 valence electrons. The van der Waals surface area contributed by atoms with E-state index in [9.17, 15) is 14.4 Å². The van der Waals surface area contributed by atoms with Gasteiger partial charge < -0.3 is 15.0 Å². The van der Waals surface area contributed by atoms with E-state index in [0.29, 0.717) is 23.4 Å². The Kier molecular flexibility index (Phi) is 3.61. The third kappa shape index (κ3) is 2.38. The number of carbonyl (C=O) groups is 3. The molecule has 0 spiro atoms. The van der Waals surface area contributed by atoms with Crippen LogP contribution in [0.4, 0.5) is 4.79 Å². The fourth-order valence-corrected chi connectivity index (χ4v) is 3.39. The lowest BCUT2D eigenvalue weighted by Gasteiger charge is -2.30. The number of methoxy groups -OCH3 is 1. The standard InChI is InChI=1S/C18H16N4O4/c1-26-13-5-4-11-9-22(15(23)14(11)7-13)10-18(12-3-2-6-19-8-12)16(24)20-17(25)21-18/h2-8H,9-10H2,1H3,(H2,20,21,24,25). The van der Waals surface area contributed by atoms with E-state index in [2.05, 4.69) is 15.6 Å². The highest BCUT2D eigenvalue weighted by Gasteiger charge is 2.50. The summed E-state index contributed by atoms with van der Waals surface area (Å²) in [7, 11) is 1.54. The van der Waals surface area contributed by atoms with E-state index in [4.69, 9.17) is 4.74 Å². The summed E-state index contributed by atoms with van der Waals surface area (Å²) in [5, 5.41) is 4.93. The Hall–Kier alpha value is -3.42. The first-order valence-corrected chi connectivity index (χ1v) is 8.04. The van der Waals surface area contributed by atoms with E-state index in [0.717, 1.165) is 5.56 Å². The lowest BCUT2D eigenvalue weighted by molar-refractivity contribution is -0.124. The van der Waals surface area contributed by atoms with Crippen LogP contribution in [0.25, 0.3) is 0 Å². The van der Waals surface area contributed by atoms with Gasteiger partial charge in [0, 0.05) is 30.1 Å². The summed E-state index contributed by atoms with van der Waals surface area (Å²) in [5.41, 5.74) is 0.537. The van der Waals surface area contributed by atoms with Crippen LogP contribution in [0.2, 0.25) is 0 Å². The lowest BCUT2D eigenvalue weighted by atomic mass is 9.90. The molecule has 4 amide bonds. The number of rotatable bonds is 4. The summed E-state index contributed by atoms with van der Waals surface area (Å²) in [5.74, 6) is -0.124. The topological polar surface area (TPSA) is 101 Å². The first kappa shape index (κ1) is 16.1. The van der Waals surface area contributed by atoms with Crippen molar-refractivity contribution in [3.63, 3.8) is 0 Å². The Labute approximate surface area is 149 Å². The molecule has 4 rings (SSSR count). The molecule has 2 aliphatic heterocycles. The van der Waals surface area contributed by atoms with Gasteiger partial charge in [0.05, 0.1) is 13.7 Å². The van der Waals surface area contributed by atoms with Crippen molar-refractivity contribution in [1.29, 1.82) is 0 Å². The Morgan fingerprint density at radius 1 is 1.27 bits per heavy atom. The van der Waals surface area contributed by atoms with Gasteiger partial charge in [-0.1, -0.05) is 12.1 Å². The van der Waals surface area contributed by atoms with E-state index in [1.807, 2.05) is 6.07 Å². The van der Waals surface area contributed by atoms with Gasteiger partial charge >= 0.3 is 6.03 Å². The monoisotopic (exact) mass is 352 g/mol. The summed E-state index contributed by atoms with van der Waals surface area (Å²) in [6.07, 6.45) is 3.09. The molecular weight excluding hydrogens is 336 g/mol. The summed E-state index contributed by atoms with van der Waals surface area (Å²) in [4.78, 5) is 42.8.